The first-order valence-corrected chi connectivity index (χ1v) is 8.31. The number of carbonyl (C=O) groups is 1. The van der Waals surface area contributed by atoms with E-state index >= 15 is 0 Å². The molecule has 3 rings (SSSR count). The molecule has 0 unspecified atom stereocenters. The van der Waals surface area contributed by atoms with Crippen molar-refractivity contribution >= 4 is 28.3 Å². The molecule has 0 saturated heterocycles. The number of rotatable bonds is 6. The van der Waals surface area contributed by atoms with Crippen molar-refractivity contribution in [3.8, 4) is 11.3 Å². The number of benzene rings is 2. The minimum atomic E-state index is -0.149. The van der Waals surface area contributed by atoms with Crippen LogP contribution in [0.15, 0.2) is 48.5 Å². The van der Waals surface area contributed by atoms with Gasteiger partial charge in [0.2, 0.25) is 0 Å². The highest BCUT2D eigenvalue weighted by molar-refractivity contribution is 6.31. The SMILES string of the molecule is CCOCCNC(=O)c1[nH]c(-c2ccccc2)c2cc(Cl)ccc12. The number of carbonyl (C=O) groups excluding carboxylic acids is 1. The molecule has 0 aliphatic carbocycles. The third kappa shape index (κ3) is 3.45. The summed E-state index contributed by atoms with van der Waals surface area (Å²) in [6, 6.07) is 15.5. The smallest absolute Gasteiger partial charge is 0.268 e. The first kappa shape index (κ1) is 16.6. The Morgan fingerprint density at radius 2 is 1.96 bits per heavy atom. The van der Waals surface area contributed by atoms with Gasteiger partial charge in [0.1, 0.15) is 5.69 Å². The van der Waals surface area contributed by atoms with E-state index < -0.39 is 0 Å². The van der Waals surface area contributed by atoms with E-state index in [2.05, 4.69) is 10.3 Å². The number of fused-ring (bicyclic) bond motifs is 1. The van der Waals surface area contributed by atoms with Gasteiger partial charge in [-0.3, -0.25) is 4.79 Å². The Morgan fingerprint density at radius 3 is 2.71 bits per heavy atom. The summed E-state index contributed by atoms with van der Waals surface area (Å²) in [7, 11) is 0. The molecule has 1 amide bonds. The molecular weight excluding hydrogens is 324 g/mol. The monoisotopic (exact) mass is 342 g/mol. The fourth-order valence-electron chi connectivity index (χ4n) is 2.68. The Kier molecular flexibility index (Phi) is 5.18. The molecule has 0 radical (unpaired) electrons. The highest BCUT2D eigenvalue weighted by Gasteiger charge is 2.17. The van der Waals surface area contributed by atoms with Crippen LogP contribution in [0.1, 0.15) is 17.4 Å². The molecule has 2 aromatic carbocycles. The van der Waals surface area contributed by atoms with Gasteiger partial charge in [0.05, 0.1) is 12.3 Å². The summed E-state index contributed by atoms with van der Waals surface area (Å²) in [6.07, 6.45) is 0. The molecule has 1 aromatic heterocycles. The van der Waals surface area contributed by atoms with Crippen LogP contribution in [0, 0.1) is 0 Å². The second-order valence-corrected chi connectivity index (χ2v) is 5.82. The van der Waals surface area contributed by atoms with E-state index in [-0.39, 0.29) is 5.91 Å². The largest absolute Gasteiger partial charge is 0.380 e. The normalized spacial score (nSPS) is 10.9. The number of aromatic amines is 1. The molecule has 0 aliphatic rings. The van der Waals surface area contributed by atoms with Crippen LogP contribution < -0.4 is 5.32 Å². The topological polar surface area (TPSA) is 54.1 Å². The second-order valence-electron chi connectivity index (χ2n) is 5.38. The van der Waals surface area contributed by atoms with Crippen LogP contribution in [-0.4, -0.2) is 30.6 Å². The van der Waals surface area contributed by atoms with Gasteiger partial charge in [-0.05, 0) is 24.6 Å². The van der Waals surface area contributed by atoms with Gasteiger partial charge < -0.3 is 15.0 Å². The molecule has 0 atom stereocenters. The number of nitrogens with one attached hydrogen (secondary N) is 2. The molecule has 124 valence electrons. The van der Waals surface area contributed by atoms with Crippen molar-refractivity contribution in [1.29, 1.82) is 0 Å². The van der Waals surface area contributed by atoms with E-state index in [1.807, 2.05) is 49.4 Å². The number of halogens is 1. The molecule has 0 bridgehead atoms. The lowest BCUT2D eigenvalue weighted by atomic mass is 10.1. The molecule has 0 aliphatic heterocycles. The van der Waals surface area contributed by atoms with Gasteiger partial charge in [-0.2, -0.15) is 0 Å². The van der Waals surface area contributed by atoms with Gasteiger partial charge in [-0.1, -0.05) is 48.0 Å². The van der Waals surface area contributed by atoms with E-state index in [0.29, 0.717) is 30.5 Å². The first-order chi connectivity index (χ1) is 11.7. The summed E-state index contributed by atoms with van der Waals surface area (Å²) < 4.78 is 5.26. The number of amides is 1. The molecule has 4 nitrogen and oxygen atoms in total. The lowest BCUT2D eigenvalue weighted by molar-refractivity contribution is 0.0920. The fraction of sp³-hybridized carbons (Fsp3) is 0.211. The van der Waals surface area contributed by atoms with Crippen molar-refractivity contribution in [3.05, 3.63) is 59.2 Å². The Labute approximate surface area is 145 Å². The summed E-state index contributed by atoms with van der Waals surface area (Å²) in [6.45, 7) is 3.54. The number of hydrogen-bond acceptors (Lipinski definition) is 2. The van der Waals surface area contributed by atoms with Gasteiger partial charge >= 0.3 is 0 Å². The van der Waals surface area contributed by atoms with Crippen LogP contribution >= 0.6 is 11.6 Å². The van der Waals surface area contributed by atoms with Crippen molar-refractivity contribution in [2.75, 3.05) is 19.8 Å². The first-order valence-electron chi connectivity index (χ1n) is 7.93. The Balaban J connectivity index is 1.98. The number of ether oxygens (including phenoxy) is 1. The molecule has 1 heterocycles. The van der Waals surface area contributed by atoms with Crippen LogP contribution in [0.5, 0.6) is 0 Å². The molecule has 0 fully saturated rings. The Bertz CT molecular complexity index is 843. The van der Waals surface area contributed by atoms with Gasteiger partial charge in [-0.15, -0.1) is 0 Å². The Hall–Kier alpha value is -2.30. The summed E-state index contributed by atoms with van der Waals surface area (Å²) in [4.78, 5) is 15.8. The summed E-state index contributed by atoms with van der Waals surface area (Å²) >= 11 is 6.15. The van der Waals surface area contributed by atoms with Crippen molar-refractivity contribution < 1.29 is 9.53 Å². The van der Waals surface area contributed by atoms with E-state index in [1.165, 1.54) is 0 Å². The molecule has 0 spiro atoms. The molecule has 3 aromatic rings. The zero-order valence-electron chi connectivity index (χ0n) is 13.4. The second kappa shape index (κ2) is 7.51. The molecule has 5 heteroatoms. The van der Waals surface area contributed by atoms with Crippen LogP contribution in [0.25, 0.3) is 22.0 Å². The van der Waals surface area contributed by atoms with Crippen molar-refractivity contribution in [2.45, 2.75) is 6.92 Å². The molecule has 0 saturated carbocycles. The highest BCUT2D eigenvalue weighted by atomic mass is 35.5. The summed E-state index contributed by atoms with van der Waals surface area (Å²) in [5.41, 5.74) is 2.44. The van der Waals surface area contributed by atoms with E-state index in [1.54, 1.807) is 6.07 Å². The van der Waals surface area contributed by atoms with Crippen molar-refractivity contribution in [2.24, 2.45) is 0 Å². The number of aromatic nitrogens is 1. The standard InChI is InChI=1S/C19H19ClN2O2/c1-2-24-11-10-21-19(23)18-15-9-8-14(20)12-16(15)17(22-18)13-6-4-3-5-7-13/h3-9,12,22H,2,10-11H2,1H3,(H,21,23). The minimum absolute atomic E-state index is 0.149. The van der Waals surface area contributed by atoms with Crippen molar-refractivity contribution in [3.63, 3.8) is 0 Å². The number of H-pyrrole nitrogens is 1. The molecule has 2 N–H and O–H groups in total. The third-order valence-corrected chi connectivity index (χ3v) is 4.03. The zero-order valence-corrected chi connectivity index (χ0v) is 14.2. The van der Waals surface area contributed by atoms with Crippen LogP contribution in [0.2, 0.25) is 5.02 Å². The molecule has 24 heavy (non-hydrogen) atoms. The predicted molar refractivity (Wildman–Crippen MR) is 97.6 cm³/mol. The third-order valence-electron chi connectivity index (χ3n) is 3.80. The number of hydrogen-bond donors (Lipinski definition) is 2. The zero-order chi connectivity index (χ0) is 16.9. The molecular formula is C19H19ClN2O2. The summed E-state index contributed by atoms with van der Waals surface area (Å²) in [5, 5.41) is 5.31. The van der Waals surface area contributed by atoms with Crippen LogP contribution in [-0.2, 0) is 4.74 Å². The van der Waals surface area contributed by atoms with Crippen LogP contribution in [0.4, 0.5) is 0 Å². The van der Waals surface area contributed by atoms with E-state index in [0.717, 1.165) is 22.0 Å². The lowest BCUT2D eigenvalue weighted by Gasteiger charge is -2.04. The maximum absolute atomic E-state index is 12.5. The maximum Gasteiger partial charge on any atom is 0.268 e. The minimum Gasteiger partial charge on any atom is -0.380 e. The van der Waals surface area contributed by atoms with Crippen LogP contribution in [0.3, 0.4) is 0 Å². The van der Waals surface area contributed by atoms with Gasteiger partial charge in [0.15, 0.2) is 0 Å². The quantitative estimate of drug-likeness (QED) is 0.658. The van der Waals surface area contributed by atoms with Crippen molar-refractivity contribution in [1.82, 2.24) is 10.3 Å². The van der Waals surface area contributed by atoms with E-state index in [4.69, 9.17) is 16.3 Å². The maximum atomic E-state index is 12.5. The van der Waals surface area contributed by atoms with Gasteiger partial charge in [0, 0.05) is 28.9 Å². The van der Waals surface area contributed by atoms with E-state index in [9.17, 15) is 4.79 Å². The van der Waals surface area contributed by atoms with Gasteiger partial charge in [-0.25, -0.2) is 0 Å². The highest BCUT2D eigenvalue weighted by Crippen LogP contribution is 2.32. The Morgan fingerprint density at radius 1 is 1.17 bits per heavy atom. The average Bonchev–Trinajstić information content (AvgIpc) is 2.98. The summed E-state index contributed by atoms with van der Waals surface area (Å²) in [5.74, 6) is -0.149. The van der Waals surface area contributed by atoms with Gasteiger partial charge in [0.25, 0.3) is 5.91 Å². The predicted octanol–water partition coefficient (Wildman–Crippen LogP) is 4.25. The average molecular weight is 343 g/mol. The fourth-order valence-corrected chi connectivity index (χ4v) is 2.85. The lowest BCUT2D eigenvalue weighted by Crippen LogP contribution is -2.27.